The molecule has 3 N–H and O–H groups in total. The number of rotatable bonds is 7. The van der Waals surface area contributed by atoms with Crippen molar-refractivity contribution in [2.24, 2.45) is 0 Å². The van der Waals surface area contributed by atoms with Gasteiger partial charge in [0.15, 0.2) is 0 Å². The highest BCUT2D eigenvalue weighted by Crippen LogP contribution is 2.37. The van der Waals surface area contributed by atoms with Gasteiger partial charge in [0.05, 0.1) is 29.5 Å². The van der Waals surface area contributed by atoms with Gasteiger partial charge in [0.1, 0.15) is 17.0 Å². The topological polar surface area (TPSA) is 98.6 Å². The van der Waals surface area contributed by atoms with Gasteiger partial charge in [-0.2, -0.15) is 0 Å². The first-order valence-electron chi connectivity index (χ1n) is 10.2. The van der Waals surface area contributed by atoms with Crippen LogP contribution in [0, 0.1) is 6.92 Å². The van der Waals surface area contributed by atoms with Crippen molar-refractivity contribution in [1.82, 2.24) is 14.9 Å². The summed E-state index contributed by atoms with van der Waals surface area (Å²) in [5.41, 5.74) is 3.50. The van der Waals surface area contributed by atoms with Crippen LogP contribution in [0.5, 0.6) is 0 Å². The van der Waals surface area contributed by atoms with E-state index in [1.807, 2.05) is 6.92 Å². The molecule has 7 nitrogen and oxygen atoms in total. The minimum absolute atomic E-state index is 0.149. The standard InChI is InChI=1S/C22H26N4O3S/c1-14-18-20(25-17-8-4-6-15-5-2-3-7-16(15)17)23-13-24-21(18)30-19(14)22(29)26(9-11-27)10-12-28/h2-3,5,7,13,17,27-28H,4,6,8-12H2,1H3,(H,23,24,25). The molecule has 1 aliphatic carbocycles. The number of carbonyl (C=O) groups is 1. The fourth-order valence-electron chi connectivity index (χ4n) is 4.15. The van der Waals surface area contributed by atoms with Crippen LogP contribution in [0.4, 0.5) is 5.82 Å². The number of hydrogen-bond acceptors (Lipinski definition) is 7. The number of nitrogens with one attached hydrogen (secondary N) is 1. The van der Waals surface area contributed by atoms with E-state index in [0.717, 1.165) is 40.9 Å². The Kier molecular flexibility index (Phi) is 6.26. The molecule has 2 aromatic heterocycles. The number of thiophene rings is 1. The van der Waals surface area contributed by atoms with Gasteiger partial charge in [-0.05, 0) is 42.9 Å². The van der Waals surface area contributed by atoms with Crippen molar-refractivity contribution >= 4 is 33.3 Å². The second-order valence-electron chi connectivity index (χ2n) is 7.49. The highest BCUT2D eigenvalue weighted by molar-refractivity contribution is 7.20. The fraction of sp³-hybridized carbons (Fsp3) is 0.409. The predicted molar refractivity (Wildman–Crippen MR) is 118 cm³/mol. The van der Waals surface area contributed by atoms with Crippen molar-refractivity contribution in [2.45, 2.75) is 32.2 Å². The van der Waals surface area contributed by atoms with Gasteiger partial charge in [-0.1, -0.05) is 24.3 Å². The van der Waals surface area contributed by atoms with Crippen LogP contribution < -0.4 is 5.32 Å². The summed E-state index contributed by atoms with van der Waals surface area (Å²) in [5.74, 6) is 0.540. The zero-order chi connectivity index (χ0) is 21.1. The van der Waals surface area contributed by atoms with Crippen LogP contribution >= 0.6 is 11.3 Å². The van der Waals surface area contributed by atoms with Crippen molar-refractivity contribution in [2.75, 3.05) is 31.6 Å². The molecule has 0 saturated carbocycles. The molecule has 1 atom stereocenters. The van der Waals surface area contributed by atoms with E-state index in [0.29, 0.717) is 4.88 Å². The molecule has 158 valence electrons. The van der Waals surface area contributed by atoms with Crippen molar-refractivity contribution in [3.63, 3.8) is 0 Å². The number of benzene rings is 1. The summed E-state index contributed by atoms with van der Waals surface area (Å²) >= 11 is 1.33. The Balaban J connectivity index is 1.69. The zero-order valence-electron chi connectivity index (χ0n) is 17.0. The molecule has 0 fully saturated rings. The first-order chi connectivity index (χ1) is 14.6. The molecular formula is C22H26N4O3S. The summed E-state index contributed by atoms with van der Waals surface area (Å²) in [4.78, 5) is 24.7. The number of aliphatic hydroxyl groups is 2. The zero-order valence-corrected chi connectivity index (χ0v) is 17.8. The highest BCUT2D eigenvalue weighted by Gasteiger charge is 2.25. The molecule has 0 spiro atoms. The van der Waals surface area contributed by atoms with Crippen molar-refractivity contribution < 1.29 is 15.0 Å². The lowest BCUT2D eigenvalue weighted by atomic mass is 9.87. The van der Waals surface area contributed by atoms with Gasteiger partial charge >= 0.3 is 0 Å². The highest BCUT2D eigenvalue weighted by atomic mass is 32.1. The molecule has 2 heterocycles. The minimum atomic E-state index is -0.201. The Hall–Kier alpha value is -2.55. The molecule has 1 amide bonds. The maximum Gasteiger partial charge on any atom is 0.264 e. The number of hydrogen-bond donors (Lipinski definition) is 3. The number of aryl methyl sites for hydroxylation is 2. The Morgan fingerprint density at radius 1 is 1.23 bits per heavy atom. The van der Waals surface area contributed by atoms with Gasteiger partial charge in [0.25, 0.3) is 5.91 Å². The summed E-state index contributed by atoms with van der Waals surface area (Å²) in [6.07, 6.45) is 4.77. The normalized spacial score (nSPS) is 15.8. The van der Waals surface area contributed by atoms with Crippen LogP contribution in [-0.4, -0.2) is 57.3 Å². The first kappa shape index (κ1) is 20.7. The van der Waals surface area contributed by atoms with Crippen LogP contribution in [0.3, 0.4) is 0 Å². The van der Waals surface area contributed by atoms with Crippen molar-refractivity contribution in [3.8, 4) is 0 Å². The third kappa shape index (κ3) is 3.90. The van der Waals surface area contributed by atoms with Gasteiger partial charge in [-0.3, -0.25) is 4.79 Å². The summed E-state index contributed by atoms with van der Waals surface area (Å²) < 4.78 is 0. The Bertz CT molecular complexity index is 1050. The monoisotopic (exact) mass is 426 g/mol. The van der Waals surface area contributed by atoms with Crippen LogP contribution in [0.25, 0.3) is 10.2 Å². The largest absolute Gasteiger partial charge is 0.395 e. The molecule has 4 rings (SSSR count). The van der Waals surface area contributed by atoms with E-state index in [1.165, 1.54) is 33.7 Å². The number of carbonyl (C=O) groups excluding carboxylic acids is 1. The molecule has 1 aromatic carbocycles. The first-order valence-corrected chi connectivity index (χ1v) is 11.0. The number of anilines is 1. The SMILES string of the molecule is Cc1c(C(=O)N(CCO)CCO)sc2ncnc(NC3CCCc4ccccc43)c12. The quantitative estimate of drug-likeness (QED) is 0.537. The van der Waals surface area contributed by atoms with Gasteiger partial charge in [-0.15, -0.1) is 11.3 Å². The number of amides is 1. The average molecular weight is 427 g/mol. The van der Waals surface area contributed by atoms with Crippen molar-refractivity contribution in [1.29, 1.82) is 0 Å². The third-order valence-corrected chi connectivity index (χ3v) is 6.82. The molecule has 0 saturated heterocycles. The second kappa shape index (κ2) is 9.07. The molecule has 30 heavy (non-hydrogen) atoms. The van der Waals surface area contributed by atoms with Crippen LogP contribution in [-0.2, 0) is 6.42 Å². The summed E-state index contributed by atoms with van der Waals surface area (Å²) in [6.45, 7) is 1.98. The maximum absolute atomic E-state index is 13.0. The predicted octanol–water partition coefficient (Wildman–Crippen LogP) is 2.92. The van der Waals surface area contributed by atoms with E-state index in [2.05, 4.69) is 39.6 Å². The maximum atomic E-state index is 13.0. The van der Waals surface area contributed by atoms with E-state index in [9.17, 15) is 15.0 Å². The van der Waals surface area contributed by atoms with E-state index in [-0.39, 0.29) is 38.3 Å². The van der Waals surface area contributed by atoms with Crippen LogP contribution in [0.15, 0.2) is 30.6 Å². The van der Waals surface area contributed by atoms with E-state index in [4.69, 9.17) is 0 Å². The number of nitrogens with zero attached hydrogens (tertiary/aromatic N) is 3. The van der Waals surface area contributed by atoms with E-state index < -0.39 is 0 Å². The van der Waals surface area contributed by atoms with Gasteiger partial charge in [-0.25, -0.2) is 9.97 Å². The van der Waals surface area contributed by atoms with Crippen molar-refractivity contribution in [3.05, 3.63) is 52.2 Å². The third-order valence-electron chi connectivity index (χ3n) is 5.63. The van der Waals surface area contributed by atoms with E-state index in [1.54, 1.807) is 0 Å². The lowest BCUT2D eigenvalue weighted by molar-refractivity contribution is 0.0689. The lowest BCUT2D eigenvalue weighted by Gasteiger charge is -2.27. The summed E-state index contributed by atoms with van der Waals surface area (Å²) in [5, 5.41) is 23.0. The van der Waals surface area contributed by atoms with Crippen LogP contribution in [0.1, 0.15) is 45.2 Å². The molecule has 0 aliphatic heterocycles. The van der Waals surface area contributed by atoms with Crippen LogP contribution in [0.2, 0.25) is 0 Å². The average Bonchev–Trinajstić information content (AvgIpc) is 3.11. The summed E-state index contributed by atoms with van der Waals surface area (Å²) in [7, 11) is 0. The second-order valence-corrected chi connectivity index (χ2v) is 8.49. The smallest absolute Gasteiger partial charge is 0.264 e. The molecule has 0 bridgehead atoms. The lowest BCUT2D eigenvalue weighted by Crippen LogP contribution is -2.35. The van der Waals surface area contributed by atoms with Gasteiger partial charge < -0.3 is 20.4 Å². The molecule has 1 unspecified atom stereocenters. The Morgan fingerprint density at radius 3 is 2.77 bits per heavy atom. The number of fused-ring (bicyclic) bond motifs is 2. The minimum Gasteiger partial charge on any atom is -0.395 e. The van der Waals surface area contributed by atoms with Gasteiger partial charge in [0, 0.05) is 13.1 Å². The molecule has 1 aliphatic rings. The van der Waals surface area contributed by atoms with E-state index >= 15 is 0 Å². The molecule has 0 radical (unpaired) electrons. The Morgan fingerprint density at radius 2 is 2.00 bits per heavy atom. The summed E-state index contributed by atoms with van der Waals surface area (Å²) in [6, 6.07) is 8.67. The molecule has 3 aromatic rings. The number of aromatic nitrogens is 2. The molecule has 8 heteroatoms. The fourth-order valence-corrected chi connectivity index (χ4v) is 5.27. The number of aliphatic hydroxyl groups excluding tert-OH is 2. The van der Waals surface area contributed by atoms with Gasteiger partial charge in [0.2, 0.25) is 0 Å². The molecular weight excluding hydrogens is 400 g/mol. The Labute approximate surface area is 179 Å².